The Balaban J connectivity index is 1.70. The van der Waals surface area contributed by atoms with Crippen molar-refractivity contribution in [2.24, 2.45) is 0 Å². The molecule has 1 aromatic heterocycles. The van der Waals surface area contributed by atoms with Crippen molar-refractivity contribution in [3.05, 3.63) is 69.8 Å². The average molecular weight is 371 g/mol. The Bertz CT molecular complexity index is 876. The van der Waals surface area contributed by atoms with E-state index in [9.17, 15) is 9.18 Å². The monoisotopic (exact) mass is 371 g/mol. The molecular formula is C20H23BFNO4. The molecule has 1 fully saturated rings. The molecule has 0 bridgehead atoms. The van der Waals surface area contributed by atoms with Gasteiger partial charge in [0.2, 0.25) is 5.43 Å². The lowest BCUT2D eigenvalue weighted by molar-refractivity contribution is 0.00578. The van der Waals surface area contributed by atoms with Crippen molar-refractivity contribution in [1.29, 1.82) is 0 Å². The molecule has 2 heterocycles. The molecular weight excluding hydrogens is 348 g/mol. The number of H-pyrrole nitrogens is 1. The number of hydrogen-bond donors (Lipinski definition) is 1. The van der Waals surface area contributed by atoms with Crippen LogP contribution in [0.25, 0.3) is 6.08 Å². The molecule has 0 unspecified atom stereocenters. The van der Waals surface area contributed by atoms with Crippen LogP contribution in [0.1, 0.15) is 39.0 Å². The normalized spacial score (nSPS) is 18.6. The number of aromatic amines is 1. The van der Waals surface area contributed by atoms with Gasteiger partial charge in [0.15, 0.2) is 5.75 Å². The second-order valence-corrected chi connectivity index (χ2v) is 7.51. The molecule has 1 aliphatic rings. The minimum Gasteiger partial charge on any atom is -0.483 e. The highest BCUT2D eigenvalue weighted by Crippen LogP contribution is 2.38. The lowest BCUT2D eigenvalue weighted by atomic mass is 9.87. The fourth-order valence-electron chi connectivity index (χ4n) is 2.58. The van der Waals surface area contributed by atoms with Gasteiger partial charge in [-0.15, -0.1) is 0 Å². The third kappa shape index (κ3) is 4.31. The molecule has 0 saturated carbocycles. The lowest BCUT2D eigenvalue weighted by Crippen LogP contribution is -2.41. The Hall–Kier alpha value is -2.38. The van der Waals surface area contributed by atoms with E-state index in [-0.39, 0.29) is 17.8 Å². The Morgan fingerprint density at radius 3 is 2.41 bits per heavy atom. The van der Waals surface area contributed by atoms with Crippen LogP contribution in [0.4, 0.5) is 4.39 Å². The van der Waals surface area contributed by atoms with E-state index in [1.807, 2.05) is 58.0 Å². The van der Waals surface area contributed by atoms with Gasteiger partial charge in [0.25, 0.3) is 0 Å². The van der Waals surface area contributed by atoms with Gasteiger partial charge in [-0.25, -0.2) is 4.39 Å². The van der Waals surface area contributed by atoms with E-state index in [1.54, 1.807) is 0 Å². The molecule has 1 N–H and O–H groups in total. The van der Waals surface area contributed by atoms with Gasteiger partial charge in [-0.1, -0.05) is 30.3 Å². The summed E-state index contributed by atoms with van der Waals surface area (Å²) in [4.78, 5) is 15.1. The highest BCUT2D eigenvalue weighted by Gasteiger charge is 2.53. The van der Waals surface area contributed by atoms with Crippen molar-refractivity contribution in [1.82, 2.24) is 4.98 Å². The van der Waals surface area contributed by atoms with E-state index in [2.05, 4.69) is 4.98 Å². The number of rotatable bonds is 5. The summed E-state index contributed by atoms with van der Waals surface area (Å²) in [5.41, 5.74) is -0.955. The molecule has 1 saturated heterocycles. The highest BCUT2D eigenvalue weighted by atomic mass is 19.1. The number of ether oxygens (including phenoxy) is 1. The Kier molecular flexibility index (Phi) is 5.26. The van der Waals surface area contributed by atoms with E-state index in [1.165, 1.54) is 18.3 Å². The maximum absolute atomic E-state index is 14.5. The van der Waals surface area contributed by atoms with Crippen molar-refractivity contribution in [2.45, 2.75) is 45.5 Å². The summed E-state index contributed by atoms with van der Waals surface area (Å²) in [7, 11) is -1.10. The van der Waals surface area contributed by atoms with Gasteiger partial charge in [-0.2, -0.15) is 0 Å². The molecule has 0 aliphatic carbocycles. The predicted molar refractivity (Wildman–Crippen MR) is 103 cm³/mol. The summed E-state index contributed by atoms with van der Waals surface area (Å²) in [5.74, 6) is 0.173. The molecule has 1 aliphatic heterocycles. The van der Waals surface area contributed by atoms with Gasteiger partial charge in [0.05, 0.1) is 11.2 Å². The maximum Gasteiger partial charge on any atom is 0.525 e. The topological polar surface area (TPSA) is 60.5 Å². The number of halogens is 1. The Labute approximate surface area is 158 Å². The van der Waals surface area contributed by atoms with Crippen LogP contribution in [0.2, 0.25) is 0 Å². The van der Waals surface area contributed by atoms with Crippen LogP contribution >= 0.6 is 0 Å². The van der Waals surface area contributed by atoms with E-state index >= 15 is 0 Å². The molecule has 0 radical (unpaired) electrons. The fourth-order valence-corrected chi connectivity index (χ4v) is 2.58. The van der Waals surface area contributed by atoms with E-state index in [0.29, 0.717) is 5.69 Å². The van der Waals surface area contributed by atoms with E-state index in [4.69, 9.17) is 14.0 Å². The second-order valence-electron chi connectivity index (χ2n) is 7.51. The Morgan fingerprint density at radius 1 is 1.19 bits per heavy atom. The van der Waals surface area contributed by atoms with Crippen LogP contribution < -0.4 is 10.2 Å². The van der Waals surface area contributed by atoms with Gasteiger partial charge in [-0.05, 0) is 39.3 Å². The lowest BCUT2D eigenvalue weighted by Gasteiger charge is -2.32. The summed E-state index contributed by atoms with van der Waals surface area (Å²) in [5, 5.41) is 0. The molecule has 5 nitrogen and oxygen atoms in total. The van der Waals surface area contributed by atoms with Gasteiger partial charge in [-0.3, -0.25) is 4.79 Å². The van der Waals surface area contributed by atoms with Crippen molar-refractivity contribution in [3.8, 4) is 5.75 Å². The number of nitrogens with one attached hydrogen (secondary N) is 1. The van der Waals surface area contributed by atoms with E-state index < -0.39 is 24.0 Å². The standard InChI is InChI=1S/C20H23BFNO4/c1-19(2)20(3,4)27-21(26-19)18(22)11-15-10-16(24)17(12-23-15)25-13-14-8-6-5-7-9-14/h5-12H,13H2,1-4H3,(H,23,24). The van der Waals surface area contributed by atoms with Crippen molar-refractivity contribution in [3.63, 3.8) is 0 Å². The molecule has 27 heavy (non-hydrogen) atoms. The SMILES string of the molecule is CC1(C)OB(C(F)=Cc2cc(=O)c(OCc3ccccc3)c[nH]2)OC1(C)C. The van der Waals surface area contributed by atoms with Crippen LogP contribution in [-0.2, 0) is 15.9 Å². The molecule has 0 spiro atoms. The molecule has 142 valence electrons. The van der Waals surface area contributed by atoms with E-state index in [0.717, 1.165) is 5.56 Å². The first-order valence-electron chi connectivity index (χ1n) is 8.80. The van der Waals surface area contributed by atoms with Crippen LogP contribution in [0, 0.1) is 0 Å². The summed E-state index contributed by atoms with van der Waals surface area (Å²) in [6, 6.07) is 10.8. The largest absolute Gasteiger partial charge is 0.525 e. The summed E-state index contributed by atoms with van der Waals surface area (Å²) < 4.78 is 31.4. The summed E-state index contributed by atoms with van der Waals surface area (Å²) in [6.45, 7) is 7.67. The molecule has 7 heteroatoms. The number of benzene rings is 1. The number of pyridine rings is 1. The second kappa shape index (κ2) is 7.33. The molecule has 0 amide bonds. The van der Waals surface area contributed by atoms with Gasteiger partial charge in [0, 0.05) is 18.0 Å². The highest BCUT2D eigenvalue weighted by molar-refractivity contribution is 6.54. The molecule has 3 rings (SSSR count). The first-order valence-corrected chi connectivity index (χ1v) is 8.80. The minimum absolute atomic E-state index is 0.173. The van der Waals surface area contributed by atoms with Crippen LogP contribution in [-0.4, -0.2) is 23.3 Å². The van der Waals surface area contributed by atoms with Crippen molar-refractivity contribution < 1.29 is 18.4 Å². The molecule has 0 atom stereocenters. The van der Waals surface area contributed by atoms with Gasteiger partial charge < -0.3 is 19.0 Å². The molecule has 2 aromatic rings. The van der Waals surface area contributed by atoms with Gasteiger partial charge in [0.1, 0.15) is 12.3 Å². The first kappa shape index (κ1) is 19.4. The van der Waals surface area contributed by atoms with Crippen LogP contribution in [0.15, 0.2) is 53.1 Å². The number of hydrogen-bond acceptors (Lipinski definition) is 4. The average Bonchev–Trinajstić information content (AvgIpc) is 2.83. The van der Waals surface area contributed by atoms with Crippen LogP contribution in [0.3, 0.4) is 0 Å². The van der Waals surface area contributed by atoms with Crippen molar-refractivity contribution in [2.75, 3.05) is 0 Å². The zero-order chi connectivity index (χ0) is 19.7. The third-order valence-corrected chi connectivity index (χ3v) is 4.91. The van der Waals surface area contributed by atoms with Crippen LogP contribution in [0.5, 0.6) is 5.75 Å². The Morgan fingerprint density at radius 2 is 1.81 bits per heavy atom. The van der Waals surface area contributed by atoms with Gasteiger partial charge >= 0.3 is 7.12 Å². The summed E-state index contributed by atoms with van der Waals surface area (Å²) in [6.07, 6.45) is 2.62. The van der Waals surface area contributed by atoms with Crippen molar-refractivity contribution >= 4 is 13.2 Å². The zero-order valence-electron chi connectivity index (χ0n) is 15.9. The summed E-state index contributed by atoms with van der Waals surface area (Å²) >= 11 is 0. The minimum atomic E-state index is -1.10. The first-order chi connectivity index (χ1) is 12.7. The predicted octanol–water partition coefficient (Wildman–Crippen LogP) is 3.90. The number of aromatic nitrogens is 1. The molecule has 1 aromatic carbocycles. The smallest absolute Gasteiger partial charge is 0.483 e. The third-order valence-electron chi connectivity index (χ3n) is 4.91. The maximum atomic E-state index is 14.5. The quantitative estimate of drug-likeness (QED) is 0.810. The fraction of sp³-hybridized carbons (Fsp3) is 0.350. The zero-order valence-corrected chi connectivity index (χ0v) is 15.9.